The van der Waals surface area contributed by atoms with Crippen LogP contribution in [0.2, 0.25) is 0 Å². The van der Waals surface area contributed by atoms with E-state index in [1.165, 1.54) is 22.3 Å². The van der Waals surface area contributed by atoms with E-state index >= 15 is 0 Å². The molecule has 0 bridgehead atoms. The number of hydrogen-bond acceptors (Lipinski definition) is 1. The van der Waals surface area contributed by atoms with Crippen LogP contribution < -0.4 is 4.74 Å². The molecule has 2 aromatic carbocycles. The normalized spacial score (nSPS) is 20.7. The van der Waals surface area contributed by atoms with Gasteiger partial charge >= 0.3 is 0 Å². The maximum Gasteiger partial charge on any atom is 0.118 e. The van der Waals surface area contributed by atoms with Crippen molar-refractivity contribution in [1.29, 1.82) is 0 Å². The highest BCUT2D eigenvalue weighted by Crippen LogP contribution is 2.37. The molecule has 0 radical (unpaired) electrons. The first-order valence-corrected chi connectivity index (χ1v) is 8.25. The molecule has 3 rings (SSSR count). The molecule has 0 N–H and O–H groups in total. The first-order valence-electron chi connectivity index (χ1n) is 8.25. The lowest BCUT2D eigenvalue weighted by Crippen LogP contribution is -1.99. The van der Waals surface area contributed by atoms with Crippen molar-refractivity contribution in [1.82, 2.24) is 0 Å². The van der Waals surface area contributed by atoms with Crippen LogP contribution in [-0.4, -0.2) is 7.11 Å². The van der Waals surface area contributed by atoms with E-state index < -0.39 is 0 Å². The van der Waals surface area contributed by atoms with Gasteiger partial charge in [0.05, 0.1) is 7.11 Å². The lowest BCUT2D eigenvalue weighted by atomic mass is 9.94. The minimum atomic E-state index is 0.577. The second kappa shape index (κ2) is 6.87. The fourth-order valence-corrected chi connectivity index (χ4v) is 3.12. The standard InChI is InChI=1S/C22H24O/c1-16-4-9-19(10-5-16)21-14-17(2)20(15-21)11-6-18-7-12-22(23-3)13-8-18/h4-14,17,20H,15H2,1-3H3/b11-6+/t17-,20-/m1/s1. The van der Waals surface area contributed by atoms with Crippen molar-refractivity contribution in [2.24, 2.45) is 11.8 Å². The summed E-state index contributed by atoms with van der Waals surface area (Å²) < 4.78 is 5.20. The molecular formula is C22H24O. The van der Waals surface area contributed by atoms with Crippen LogP contribution in [0.15, 0.2) is 60.7 Å². The van der Waals surface area contributed by atoms with Gasteiger partial charge in [-0.25, -0.2) is 0 Å². The van der Waals surface area contributed by atoms with Crippen molar-refractivity contribution in [2.75, 3.05) is 7.11 Å². The van der Waals surface area contributed by atoms with Crippen molar-refractivity contribution in [3.8, 4) is 5.75 Å². The van der Waals surface area contributed by atoms with Gasteiger partial charge in [-0.3, -0.25) is 0 Å². The summed E-state index contributed by atoms with van der Waals surface area (Å²) in [4.78, 5) is 0. The van der Waals surface area contributed by atoms with Crippen LogP contribution in [-0.2, 0) is 0 Å². The van der Waals surface area contributed by atoms with E-state index in [1.807, 2.05) is 12.1 Å². The number of rotatable bonds is 4. The summed E-state index contributed by atoms with van der Waals surface area (Å²) in [5, 5.41) is 0. The second-order valence-electron chi connectivity index (χ2n) is 6.42. The lowest BCUT2D eigenvalue weighted by Gasteiger charge is -2.10. The molecule has 0 saturated heterocycles. The average Bonchev–Trinajstić information content (AvgIpc) is 2.95. The Morgan fingerprint density at radius 3 is 2.35 bits per heavy atom. The van der Waals surface area contributed by atoms with E-state index in [0.717, 1.165) is 12.2 Å². The number of hydrogen-bond donors (Lipinski definition) is 0. The molecule has 0 aliphatic heterocycles. The summed E-state index contributed by atoms with van der Waals surface area (Å²) in [5.41, 5.74) is 5.38. The second-order valence-corrected chi connectivity index (χ2v) is 6.42. The highest BCUT2D eigenvalue weighted by Gasteiger charge is 2.22. The Morgan fingerprint density at radius 2 is 1.70 bits per heavy atom. The third-order valence-corrected chi connectivity index (χ3v) is 4.67. The zero-order valence-corrected chi connectivity index (χ0v) is 14.1. The maximum absolute atomic E-state index is 5.20. The Hall–Kier alpha value is -2.28. The van der Waals surface area contributed by atoms with Gasteiger partial charge in [0.25, 0.3) is 0 Å². The van der Waals surface area contributed by atoms with Gasteiger partial charge in [-0.05, 0) is 54.0 Å². The summed E-state index contributed by atoms with van der Waals surface area (Å²) in [6, 6.07) is 17.1. The summed E-state index contributed by atoms with van der Waals surface area (Å²) >= 11 is 0. The number of allylic oxidation sites excluding steroid dienone is 3. The van der Waals surface area contributed by atoms with Crippen LogP contribution in [0.1, 0.15) is 30.0 Å². The molecule has 1 aliphatic rings. The van der Waals surface area contributed by atoms with Crippen molar-refractivity contribution < 1.29 is 4.74 Å². The number of methoxy groups -OCH3 is 1. The van der Waals surface area contributed by atoms with E-state index in [0.29, 0.717) is 11.8 Å². The Kier molecular flexibility index (Phi) is 4.66. The third-order valence-electron chi connectivity index (χ3n) is 4.67. The molecule has 0 fully saturated rings. The lowest BCUT2D eigenvalue weighted by molar-refractivity contribution is 0.415. The molecule has 0 amide bonds. The van der Waals surface area contributed by atoms with Crippen LogP contribution in [0.5, 0.6) is 5.75 Å². The highest BCUT2D eigenvalue weighted by molar-refractivity contribution is 5.69. The van der Waals surface area contributed by atoms with Gasteiger partial charge in [-0.1, -0.05) is 67.1 Å². The van der Waals surface area contributed by atoms with E-state index in [4.69, 9.17) is 4.74 Å². The molecule has 1 heteroatoms. The van der Waals surface area contributed by atoms with Crippen LogP contribution in [0.25, 0.3) is 11.6 Å². The van der Waals surface area contributed by atoms with Gasteiger partial charge in [0, 0.05) is 0 Å². The van der Waals surface area contributed by atoms with Crippen LogP contribution in [0, 0.1) is 18.8 Å². The van der Waals surface area contributed by atoms with E-state index in [1.54, 1.807) is 7.11 Å². The Bertz CT molecular complexity index is 705. The Morgan fingerprint density at radius 1 is 1.00 bits per heavy atom. The number of aryl methyl sites for hydroxylation is 1. The Labute approximate surface area is 139 Å². The summed E-state index contributed by atoms with van der Waals surface area (Å²) in [6.07, 6.45) is 8.13. The minimum absolute atomic E-state index is 0.577. The topological polar surface area (TPSA) is 9.23 Å². The van der Waals surface area contributed by atoms with Crippen molar-refractivity contribution in [2.45, 2.75) is 20.3 Å². The molecule has 1 aliphatic carbocycles. The SMILES string of the molecule is COc1ccc(/C=C/[C@@H]2CC(c3ccc(C)cc3)=C[C@H]2C)cc1. The smallest absolute Gasteiger partial charge is 0.118 e. The molecule has 0 saturated carbocycles. The van der Waals surface area contributed by atoms with Gasteiger partial charge in [-0.2, -0.15) is 0 Å². The zero-order chi connectivity index (χ0) is 16.2. The first kappa shape index (κ1) is 15.6. The highest BCUT2D eigenvalue weighted by atomic mass is 16.5. The maximum atomic E-state index is 5.20. The van der Waals surface area contributed by atoms with Crippen molar-refractivity contribution in [3.05, 3.63) is 77.4 Å². The number of ether oxygens (including phenoxy) is 1. The summed E-state index contributed by atoms with van der Waals surface area (Å²) in [6.45, 7) is 4.44. The first-order chi connectivity index (χ1) is 11.2. The zero-order valence-electron chi connectivity index (χ0n) is 14.1. The van der Waals surface area contributed by atoms with Crippen LogP contribution in [0.4, 0.5) is 0 Å². The molecule has 0 aromatic heterocycles. The molecule has 0 unspecified atom stereocenters. The minimum Gasteiger partial charge on any atom is -0.497 e. The van der Waals surface area contributed by atoms with Crippen molar-refractivity contribution in [3.63, 3.8) is 0 Å². The number of benzene rings is 2. The van der Waals surface area contributed by atoms with E-state index in [-0.39, 0.29) is 0 Å². The monoisotopic (exact) mass is 304 g/mol. The average molecular weight is 304 g/mol. The van der Waals surface area contributed by atoms with Gasteiger partial charge in [-0.15, -0.1) is 0 Å². The molecular weight excluding hydrogens is 280 g/mol. The molecule has 2 aromatic rings. The summed E-state index contributed by atoms with van der Waals surface area (Å²) in [7, 11) is 1.70. The fourth-order valence-electron chi connectivity index (χ4n) is 3.12. The fraction of sp³-hybridized carbons (Fsp3) is 0.273. The predicted octanol–water partition coefficient (Wildman–Crippen LogP) is 5.76. The van der Waals surface area contributed by atoms with Crippen molar-refractivity contribution >= 4 is 11.6 Å². The molecule has 2 atom stereocenters. The molecule has 1 nitrogen and oxygen atoms in total. The largest absolute Gasteiger partial charge is 0.497 e. The van der Waals surface area contributed by atoms with Gasteiger partial charge < -0.3 is 4.74 Å². The molecule has 0 spiro atoms. The molecule has 118 valence electrons. The molecule has 23 heavy (non-hydrogen) atoms. The van der Waals surface area contributed by atoms with Crippen LogP contribution in [0.3, 0.4) is 0 Å². The summed E-state index contributed by atoms with van der Waals surface area (Å²) in [5.74, 6) is 2.06. The van der Waals surface area contributed by atoms with Gasteiger partial charge in [0.15, 0.2) is 0 Å². The third kappa shape index (κ3) is 3.73. The quantitative estimate of drug-likeness (QED) is 0.698. The van der Waals surface area contributed by atoms with Gasteiger partial charge in [0.2, 0.25) is 0 Å². The Balaban J connectivity index is 1.68. The molecule has 0 heterocycles. The predicted molar refractivity (Wildman–Crippen MR) is 98.5 cm³/mol. The van der Waals surface area contributed by atoms with E-state index in [9.17, 15) is 0 Å². The van der Waals surface area contributed by atoms with E-state index in [2.05, 4.69) is 68.5 Å². The van der Waals surface area contributed by atoms with Crippen LogP contribution >= 0.6 is 0 Å². The van der Waals surface area contributed by atoms with Gasteiger partial charge in [0.1, 0.15) is 5.75 Å².